The molecule has 0 radical (unpaired) electrons. The first kappa shape index (κ1) is 22.7. The van der Waals surface area contributed by atoms with Crippen molar-refractivity contribution in [2.24, 2.45) is 0 Å². The van der Waals surface area contributed by atoms with Crippen molar-refractivity contribution in [3.8, 4) is 11.5 Å². The molecule has 0 bridgehead atoms. The number of carboxylic acid groups (broad SMARTS) is 1. The topological polar surface area (TPSA) is 59.0 Å². The molecule has 1 N–H and O–H groups in total. The average molecular weight is 452 g/mol. The predicted molar refractivity (Wildman–Crippen MR) is 119 cm³/mol. The van der Waals surface area contributed by atoms with E-state index in [1.807, 2.05) is 49.1 Å². The van der Waals surface area contributed by atoms with Gasteiger partial charge < -0.3 is 14.6 Å². The number of hydrogen-bond acceptors (Lipinski definition) is 4. The molecule has 3 rings (SSSR count). The van der Waals surface area contributed by atoms with Gasteiger partial charge in [0.1, 0.15) is 6.04 Å². The van der Waals surface area contributed by atoms with E-state index in [0.717, 1.165) is 24.0 Å². The third-order valence-electron chi connectivity index (χ3n) is 5.30. The maximum atomic E-state index is 12.0. The summed E-state index contributed by atoms with van der Waals surface area (Å²) in [6.07, 6.45) is 2.45. The van der Waals surface area contributed by atoms with Gasteiger partial charge in [-0.2, -0.15) is 0 Å². The van der Waals surface area contributed by atoms with E-state index >= 15 is 0 Å². The van der Waals surface area contributed by atoms with Crippen molar-refractivity contribution in [3.63, 3.8) is 0 Å². The number of carboxylic acids is 1. The number of nitrogens with zero attached hydrogens (tertiary/aromatic N) is 1. The summed E-state index contributed by atoms with van der Waals surface area (Å²) in [5, 5.41) is 10.8. The van der Waals surface area contributed by atoms with Crippen molar-refractivity contribution < 1.29 is 19.4 Å². The number of rotatable bonds is 8. The van der Waals surface area contributed by atoms with E-state index in [-0.39, 0.29) is 6.04 Å². The van der Waals surface area contributed by atoms with Crippen LogP contribution in [0.4, 0.5) is 0 Å². The highest BCUT2D eigenvalue weighted by molar-refractivity contribution is 6.42. The van der Waals surface area contributed by atoms with Gasteiger partial charge in [0.25, 0.3) is 0 Å². The number of likely N-dealkylation sites (tertiary alicyclic amines) is 1. The van der Waals surface area contributed by atoms with E-state index in [1.54, 1.807) is 6.07 Å². The van der Waals surface area contributed by atoms with Crippen LogP contribution in [0.15, 0.2) is 36.4 Å². The van der Waals surface area contributed by atoms with Crippen molar-refractivity contribution in [3.05, 3.63) is 57.6 Å². The van der Waals surface area contributed by atoms with Crippen LogP contribution in [-0.2, 0) is 4.79 Å². The van der Waals surface area contributed by atoms with Crippen molar-refractivity contribution in [1.29, 1.82) is 0 Å². The Kier molecular flexibility index (Phi) is 7.87. The molecule has 0 aliphatic carbocycles. The molecule has 2 aromatic rings. The minimum absolute atomic E-state index is 0.295. The lowest BCUT2D eigenvalue weighted by atomic mass is 9.91. The predicted octanol–water partition coefficient (Wildman–Crippen LogP) is 5.82. The van der Waals surface area contributed by atoms with Crippen LogP contribution in [0.1, 0.15) is 50.3 Å². The maximum absolute atomic E-state index is 12.0. The van der Waals surface area contributed by atoms with Gasteiger partial charge in [-0.1, -0.05) is 41.8 Å². The molecule has 7 heteroatoms. The number of hydrogen-bond donors (Lipinski definition) is 1. The molecule has 1 fully saturated rings. The normalized spacial score (nSPS) is 18.1. The van der Waals surface area contributed by atoms with Gasteiger partial charge in [-0.3, -0.25) is 9.69 Å². The molecule has 5 nitrogen and oxygen atoms in total. The summed E-state index contributed by atoms with van der Waals surface area (Å²) < 4.78 is 11.5. The zero-order valence-electron chi connectivity index (χ0n) is 17.2. The van der Waals surface area contributed by atoms with Gasteiger partial charge in [0.2, 0.25) is 0 Å². The van der Waals surface area contributed by atoms with E-state index < -0.39 is 12.0 Å². The highest BCUT2D eigenvalue weighted by Gasteiger charge is 2.35. The van der Waals surface area contributed by atoms with Crippen molar-refractivity contribution in [1.82, 2.24) is 4.90 Å². The number of benzene rings is 2. The van der Waals surface area contributed by atoms with Crippen LogP contribution in [0.2, 0.25) is 10.0 Å². The SMILES string of the molecule is CCOc1ccc(C(c2ccc(Cl)c(Cl)c2)N2CCCCC2C(=O)O)cc1OCC. The Hall–Kier alpha value is -1.95. The summed E-state index contributed by atoms with van der Waals surface area (Å²) >= 11 is 12.5. The summed E-state index contributed by atoms with van der Waals surface area (Å²) in [5.74, 6) is 0.506. The van der Waals surface area contributed by atoms with Crippen LogP contribution in [0.5, 0.6) is 11.5 Å². The van der Waals surface area contributed by atoms with Gasteiger partial charge in [-0.05, 0) is 68.6 Å². The number of ether oxygens (including phenoxy) is 2. The summed E-state index contributed by atoms with van der Waals surface area (Å²) in [5.41, 5.74) is 1.82. The Labute approximate surface area is 187 Å². The first-order valence-corrected chi connectivity index (χ1v) is 11.0. The summed E-state index contributed by atoms with van der Waals surface area (Å²) in [4.78, 5) is 14.1. The molecule has 2 atom stereocenters. The van der Waals surface area contributed by atoms with Crippen LogP contribution in [0, 0.1) is 0 Å². The van der Waals surface area contributed by atoms with Crippen LogP contribution in [0.25, 0.3) is 0 Å². The molecular formula is C23H27Cl2NO4. The third kappa shape index (κ3) is 5.02. The highest BCUT2D eigenvalue weighted by Crippen LogP contribution is 2.39. The monoisotopic (exact) mass is 451 g/mol. The first-order chi connectivity index (χ1) is 14.5. The summed E-state index contributed by atoms with van der Waals surface area (Å²) in [6, 6.07) is 10.4. The lowest BCUT2D eigenvalue weighted by Crippen LogP contribution is -2.46. The molecule has 0 amide bonds. The molecule has 2 aromatic carbocycles. The zero-order valence-corrected chi connectivity index (χ0v) is 18.7. The van der Waals surface area contributed by atoms with Crippen LogP contribution < -0.4 is 9.47 Å². The van der Waals surface area contributed by atoms with Crippen LogP contribution >= 0.6 is 23.2 Å². The molecular weight excluding hydrogens is 425 g/mol. The smallest absolute Gasteiger partial charge is 0.320 e. The fourth-order valence-corrected chi connectivity index (χ4v) is 4.33. The van der Waals surface area contributed by atoms with E-state index in [1.165, 1.54) is 0 Å². The average Bonchev–Trinajstić information content (AvgIpc) is 2.73. The van der Waals surface area contributed by atoms with E-state index in [9.17, 15) is 9.90 Å². The largest absolute Gasteiger partial charge is 0.490 e. The molecule has 0 saturated carbocycles. The van der Waals surface area contributed by atoms with Gasteiger partial charge in [-0.15, -0.1) is 0 Å². The Morgan fingerprint density at radius 2 is 1.70 bits per heavy atom. The minimum atomic E-state index is -0.810. The molecule has 0 spiro atoms. The number of halogens is 2. The van der Waals surface area contributed by atoms with Crippen LogP contribution in [0.3, 0.4) is 0 Å². The van der Waals surface area contributed by atoms with Gasteiger partial charge in [-0.25, -0.2) is 0 Å². The fourth-order valence-electron chi connectivity index (χ4n) is 4.02. The Balaban J connectivity index is 2.12. The molecule has 0 aromatic heterocycles. The Morgan fingerprint density at radius 3 is 2.37 bits per heavy atom. The van der Waals surface area contributed by atoms with E-state index in [4.69, 9.17) is 32.7 Å². The number of piperidine rings is 1. The van der Waals surface area contributed by atoms with Crippen LogP contribution in [-0.4, -0.2) is 41.8 Å². The van der Waals surface area contributed by atoms with Gasteiger partial charge in [0.15, 0.2) is 11.5 Å². The summed E-state index contributed by atoms with van der Waals surface area (Å²) in [6.45, 7) is 5.56. The standard InChI is InChI=1S/C23H27Cl2NO4/c1-3-29-20-11-9-16(14-21(20)30-4-2)22(15-8-10-17(24)18(25)13-15)26-12-6-5-7-19(26)23(27)28/h8-11,13-14,19,22H,3-7,12H2,1-2H3,(H,27,28). The first-order valence-electron chi connectivity index (χ1n) is 10.3. The molecule has 1 aliphatic heterocycles. The van der Waals surface area contributed by atoms with E-state index in [2.05, 4.69) is 0 Å². The molecule has 162 valence electrons. The highest BCUT2D eigenvalue weighted by atomic mass is 35.5. The second-order valence-electron chi connectivity index (χ2n) is 7.24. The Bertz CT molecular complexity index is 890. The van der Waals surface area contributed by atoms with Gasteiger partial charge in [0.05, 0.1) is 29.3 Å². The van der Waals surface area contributed by atoms with Gasteiger partial charge >= 0.3 is 5.97 Å². The molecule has 30 heavy (non-hydrogen) atoms. The lowest BCUT2D eigenvalue weighted by Gasteiger charge is -2.40. The molecule has 1 saturated heterocycles. The number of aliphatic carboxylic acids is 1. The fraction of sp³-hybridized carbons (Fsp3) is 0.435. The second kappa shape index (κ2) is 10.4. The second-order valence-corrected chi connectivity index (χ2v) is 8.05. The van der Waals surface area contributed by atoms with Crippen molar-refractivity contribution in [2.45, 2.75) is 45.2 Å². The quantitative estimate of drug-likeness (QED) is 0.547. The third-order valence-corrected chi connectivity index (χ3v) is 6.04. The lowest BCUT2D eigenvalue weighted by molar-refractivity contribution is -0.145. The zero-order chi connectivity index (χ0) is 21.7. The van der Waals surface area contributed by atoms with E-state index in [0.29, 0.717) is 47.7 Å². The molecule has 2 unspecified atom stereocenters. The summed E-state index contributed by atoms with van der Waals surface area (Å²) in [7, 11) is 0. The van der Waals surface area contributed by atoms with Crippen molar-refractivity contribution >= 4 is 29.2 Å². The maximum Gasteiger partial charge on any atom is 0.320 e. The molecule has 1 heterocycles. The van der Waals surface area contributed by atoms with Gasteiger partial charge in [0, 0.05) is 0 Å². The van der Waals surface area contributed by atoms with Crippen molar-refractivity contribution in [2.75, 3.05) is 19.8 Å². The number of carbonyl (C=O) groups is 1. The minimum Gasteiger partial charge on any atom is -0.490 e. The Morgan fingerprint density at radius 1 is 1.03 bits per heavy atom. The molecule has 1 aliphatic rings.